The molecule has 0 aromatic heterocycles. The molecule has 1 aliphatic rings. The molecule has 2 aromatic rings. The van der Waals surface area contributed by atoms with Gasteiger partial charge in [-0.3, -0.25) is 10.1 Å². The lowest BCUT2D eigenvalue weighted by atomic mass is 10.1. The maximum absolute atomic E-state index is 12.7. The molecule has 0 atom stereocenters. The van der Waals surface area contributed by atoms with Crippen molar-refractivity contribution >= 4 is 34.2 Å². The first-order valence-electron chi connectivity index (χ1n) is 9.20. The number of amidine groups is 1. The van der Waals surface area contributed by atoms with Gasteiger partial charge in [0.05, 0.1) is 12.8 Å². The number of nitriles is 1. The summed E-state index contributed by atoms with van der Waals surface area (Å²) in [6.45, 7) is 2.90. The van der Waals surface area contributed by atoms with E-state index in [1.165, 1.54) is 11.8 Å². The number of anilines is 1. The van der Waals surface area contributed by atoms with Gasteiger partial charge in [-0.2, -0.15) is 5.26 Å². The van der Waals surface area contributed by atoms with Gasteiger partial charge in [0.15, 0.2) is 11.4 Å². The predicted molar refractivity (Wildman–Crippen MR) is 117 cm³/mol. The molecule has 0 saturated carbocycles. The molecule has 1 heterocycles. The molecular weight excluding hydrogens is 386 g/mol. The second-order valence-corrected chi connectivity index (χ2v) is 7.18. The predicted octanol–water partition coefficient (Wildman–Crippen LogP) is 3.08. The Labute approximate surface area is 175 Å². The van der Waals surface area contributed by atoms with Gasteiger partial charge in [0.25, 0.3) is 5.91 Å². The van der Waals surface area contributed by atoms with Crippen molar-refractivity contribution in [1.82, 2.24) is 10.2 Å². The molecule has 1 amide bonds. The number of benzene rings is 2. The standard InChI is InChI=1S/C21H23N5O2S/c1-28-19-9-3-16(4-10-19)20(27)26-13-11-25(12-14-26)18-7-5-17(6-8-18)24-21(29-2)23-15-22/h3-10H,11-14H2,1-2H3,(H,23,24). The van der Waals surface area contributed by atoms with E-state index in [9.17, 15) is 4.79 Å². The molecule has 1 aliphatic heterocycles. The molecule has 3 rings (SSSR count). The van der Waals surface area contributed by atoms with Crippen molar-refractivity contribution in [3.8, 4) is 11.9 Å². The lowest BCUT2D eigenvalue weighted by molar-refractivity contribution is 0.0747. The Balaban J connectivity index is 1.58. The van der Waals surface area contributed by atoms with Crippen LogP contribution in [0.4, 0.5) is 11.4 Å². The number of aliphatic imine (C=N–C) groups is 1. The molecule has 0 bridgehead atoms. The van der Waals surface area contributed by atoms with Crippen LogP contribution < -0.4 is 15.0 Å². The molecule has 0 unspecified atom stereocenters. The summed E-state index contributed by atoms with van der Waals surface area (Å²) in [6, 6.07) is 15.1. The third kappa shape index (κ3) is 5.21. The highest BCUT2D eigenvalue weighted by Crippen LogP contribution is 2.22. The Hall–Kier alpha value is -3.18. The lowest BCUT2D eigenvalue weighted by Crippen LogP contribution is -2.48. The largest absolute Gasteiger partial charge is 0.497 e. The number of piperazine rings is 1. The third-order valence-corrected chi connectivity index (χ3v) is 5.29. The summed E-state index contributed by atoms with van der Waals surface area (Å²) < 4.78 is 5.15. The van der Waals surface area contributed by atoms with Crippen molar-refractivity contribution in [3.05, 3.63) is 54.1 Å². The molecule has 0 spiro atoms. The van der Waals surface area contributed by atoms with Gasteiger partial charge < -0.3 is 14.5 Å². The van der Waals surface area contributed by atoms with E-state index in [1.54, 1.807) is 19.2 Å². The van der Waals surface area contributed by atoms with Crippen LogP contribution >= 0.6 is 11.8 Å². The summed E-state index contributed by atoms with van der Waals surface area (Å²) in [4.78, 5) is 21.2. The minimum Gasteiger partial charge on any atom is -0.497 e. The second kappa shape index (κ2) is 9.85. The van der Waals surface area contributed by atoms with Crippen molar-refractivity contribution in [1.29, 1.82) is 5.26 Å². The van der Waals surface area contributed by atoms with Gasteiger partial charge in [0.2, 0.25) is 0 Å². The van der Waals surface area contributed by atoms with Crippen LogP contribution in [-0.2, 0) is 0 Å². The molecule has 1 saturated heterocycles. The second-order valence-electron chi connectivity index (χ2n) is 6.38. The minimum absolute atomic E-state index is 0.0478. The Morgan fingerprint density at radius 1 is 1.10 bits per heavy atom. The number of carbonyl (C=O) groups is 1. The molecule has 1 N–H and O–H groups in total. The van der Waals surface area contributed by atoms with Crippen LogP contribution in [0, 0.1) is 11.5 Å². The van der Waals surface area contributed by atoms with Gasteiger partial charge in [-0.15, -0.1) is 0 Å². The maximum Gasteiger partial charge on any atom is 0.253 e. The Bertz CT molecular complexity index is 898. The smallest absolute Gasteiger partial charge is 0.253 e. The summed E-state index contributed by atoms with van der Waals surface area (Å²) in [5.74, 6) is 0.791. The average Bonchev–Trinajstić information content (AvgIpc) is 2.79. The minimum atomic E-state index is 0.0478. The van der Waals surface area contributed by atoms with Gasteiger partial charge in [-0.25, -0.2) is 4.99 Å². The number of hydrogen-bond acceptors (Lipinski definition) is 6. The summed E-state index contributed by atoms with van der Waals surface area (Å²) in [7, 11) is 1.61. The van der Waals surface area contributed by atoms with Crippen LogP contribution in [0.25, 0.3) is 0 Å². The number of ether oxygens (including phenoxy) is 1. The van der Waals surface area contributed by atoms with Crippen molar-refractivity contribution in [2.75, 3.05) is 44.4 Å². The van der Waals surface area contributed by atoms with E-state index >= 15 is 0 Å². The first-order valence-corrected chi connectivity index (χ1v) is 10.4. The summed E-state index contributed by atoms with van der Waals surface area (Å²) in [6.07, 6.45) is 3.75. The summed E-state index contributed by atoms with van der Waals surface area (Å²) in [5, 5.41) is 11.8. The van der Waals surface area contributed by atoms with Crippen LogP contribution in [0.3, 0.4) is 0 Å². The van der Waals surface area contributed by atoms with Gasteiger partial charge in [0, 0.05) is 37.4 Å². The molecule has 2 aromatic carbocycles. The highest BCUT2D eigenvalue weighted by molar-refractivity contribution is 8.13. The van der Waals surface area contributed by atoms with Gasteiger partial charge in [-0.1, -0.05) is 11.8 Å². The zero-order valence-electron chi connectivity index (χ0n) is 16.5. The molecule has 1 fully saturated rings. The van der Waals surface area contributed by atoms with Crippen LogP contribution in [0.5, 0.6) is 5.75 Å². The molecule has 150 valence electrons. The van der Waals surface area contributed by atoms with E-state index in [0.717, 1.165) is 30.2 Å². The van der Waals surface area contributed by atoms with Gasteiger partial charge >= 0.3 is 0 Å². The lowest BCUT2D eigenvalue weighted by Gasteiger charge is -2.36. The third-order valence-electron chi connectivity index (χ3n) is 4.71. The quantitative estimate of drug-likeness (QED) is 0.362. The topological polar surface area (TPSA) is 81.0 Å². The van der Waals surface area contributed by atoms with Crippen LogP contribution in [-0.4, -0.2) is 55.5 Å². The maximum atomic E-state index is 12.7. The fourth-order valence-electron chi connectivity index (χ4n) is 3.11. The van der Waals surface area contributed by atoms with Crippen molar-refractivity contribution in [2.45, 2.75) is 0 Å². The Morgan fingerprint density at radius 3 is 2.31 bits per heavy atom. The van der Waals surface area contributed by atoms with Crippen LogP contribution in [0.2, 0.25) is 0 Å². The molecule has 0 radical (unpaired) electrons. The van der Waals surface area contributed by atoms with Gasteiger partial charge in [-0.05, 0) is 54.8 Å². The van der Waals surface area contributed by atoms with Crippen molar-refractivity contribution in [2.24, 2.45) is 4.99 Å². The van der Waals surface area contributed by atoms with Crippen molar-refractivity contribution in [3.63, 3.8) is 0 Å². The number of carbonyl (C=O) groups excluding carboxylic acids is 1. The Kier molecular flexibility index (Phi) is 6.98. The number of thioether (sulfide) groups is 1. The molecule has 0 aliphatic carbocycles. The number of nitrogens with zero attached hydrogens (tertiary/aromatic N) is 4. The zero-order valence-corrected chi connectivity index (χ0v) is 17.3. The first kappa shape index (κ1) is 20.6. The average molecular weight is 410 g/mol. The number of rotatable bonds is 4. The number of amides is 1. The number of methoxy groups -OCH3 is 1. The van der Waals surface area contributed by atoms with Crippen molar-refractivity contribution < 1.29 is 9.53 Å². The zero-order chi connectivity index (χ0) is 20.6. The van der Waals surface area contributed by atoms with E-state index in [-0.39, 0.29) is 5.91 Å². The molecule has 8 heteroatoms. The summed E-state index contributed by atoms with van der Waals surface area (Å²) >= 11 is 1.39. The van der Waals surface area contributed by atoms with Crippen LogP contribution in [0.15, 0.2) is 53.5 Å². The van der Waals surface area contributed by atoms with E-state index in [4.69, 9.17) is 10.00 Å². The van der Waals surface area contributed by atoms with E-state index in [2.05, 4.69) is 15.2 Å². The molecule has 7 nitrogen and oxygen atoms in total. The van der Waals surface area contributed by atoms with Crippen LogP contribution in [0.1, 0.15) is 10.4 Å². The first-order chi connectivity index (χ1) is 14.1. The van der Waals surface area contributed by atoms with E-state index in [0.29, 0.717) is 23.8 Å². The highest BCUT2D eigenvalue weighted by atomic mass is 32.2. The van der Waals surface area contributed by atoms with Gasteiger partial charge in [0.1, 0.15) is 5.75 Å². The highest BCUT2D eigenvalue weighted by Gasteiger charge is 2.22. The Morgan fingerprint density at radius 2 is 1.76 bits per heavy atom. The number of hydrogen-bond donors (Lipinski definition) is 1. The molecule has 29 heavy (non-hydrogen) atoms. The SMILES string of the molecule is COc1ccc(C(=O)N2CCN(c3ccc(N=C(NC#N)SC)cc3)CC2)cc1. The monoisotopic (exact) mass is 409 g/mol. The molecular formula is C21H23N5O2S. The normalized spacial score (nSPS) is 14.3. The summed E-state index contributed by atoms with van der Waals surface area (Å²) in [5.41, 5.74) is 2.56. The fourth-order valence-corrected chi connectivity index (χ4v) is 3.46. The van der Waals surface area contributed by atoms with E-state index in [1.807, 2.05) is 53.7 Å². The number of nitrogens with one attached hydrogen (secondary N) is 1. The fraction of sp³-hybridized carbons (Fsp3) is 0.286. The van der Waals surface area contributed by atoms with E-state index < -0.39 is 0 Å².